The third kappa shape index (κ3) is 31.0. The molecular weight excluding hydrogens is 397 g/mol. The van der Waals surface area contributed by atoms with Crippen molar-refractivity contribution in [1.29, 1.82) is 0 Å². The zero-order chi connectivity index (χ0) is 17.4. The van der Waals surface area contributed by atoms with E-state index in [0.29, 0.717) is 11.7 Å². The van der Waals surface area contributed by atoms with Crippen molar-refractivity contribution in [3.05, 3.63) is 44.2 Å². The monoisotopic (exact) mass is 426 g/mol. The zero-order valence-electron chi connectivity index (χ0n) is 14.8. The Balaban J connectivity index is -0.000000290. The maximum Gasteiger partial charge on any atom is 2.00 e. The van der Waals surface area contributed by atoms with Gasteiger partial charge in [-0.25, -0.2) is 0 Å². The second kappa shape index (κ2) is 18.9. The zero-order valence-corrected chi connectivity index (χ0v) is 20.4. The van der Waals surface area contributed by atoms with E-state index in [-0.39, 0.29) is 19.5 Å². The van der Waals surface area contributed by atoms with E-state index in [1.807, 2.05) is 6.07 Å². The Hall–Kier alpha value is 0.603. The van der Waals surface area contributed by atoms with Gasteiger partial charge in [-0.1, -0.05) is 76.9 Å². The van der Waals surface area contributed by atoms with Gasteiger partial charge in [0.25, 0.3) is 5.69 Å². The number of para-hydroxylation sites is 1. The van der Waals surface area contributed by atoms with Gasteiger partial charge < -0.3 is 23.3 Å². The van der Waals surface area contributed by atoms with E-state index in [4.69, 9.17) is 9.42 Å². The summed E-state index contributed by atoms with van der Waals surface area (Å²) in [7, 11) is 0. The predicted molar refractivity (Wildman–Crippen MR) is 107 cm³/mol. The third-order valence-corrected chi connectivity index (χ3v) is 2.99. The average Bonchev–Trinajstić information content (AvgIpc) is 2.39. The average molecular weight is 428 g/mol. The van der Waals surface area contributed by atoms with Crippen molar-refractivity contribution >= 4 is 29.7 Å². The molecule has 1 unspecified atom stereocenters. The first-order chi connectivity index (χ1) is 10.2. The smallest absolute Gasteiger partial charge is 0.436 e. The predicted octanol–water partition coefficient (Wildman–Crippen LogP) is 6.48. The SMILES string of the molecule is OP(=S)(S)Oc1ccccc1.[CH2-]C(C)C.[CH2-]CCCCCC.[Zn+2]. The number of hydrogen-bond donors (Lipinski definition) is 2. The fraction of sp³-hybridized carbons (Fsp3) is 0.529. The molecule has 0 aliphatic rings. The van der Waals surface area contributed by atoms with E-state index in [0.717, 1.165) is 6.42 Å². The van der Waals surface area contributed by atoms with Crippen molar-refractivity contribution in [2.24, 2.45) is 5.92 Å². The maximum absolute atomic E-state index is 9.04. The van der Waals surface area contributed by atoms with E-state index in [1.165, 1.54) is 25.7 Å². The summed E-state index contributed by atoms with van der Waals surface area (Å²) in [6.07, 6.45) is 6.52. The van der Waals surface area contributed by atoms with Crippen molar-refractivity contribution in [1.82, 2.24) is 0 Å². The molecule has 0 aliphatic carbocycles. The summed E-state index contributed by atoms with van der Waals surface area (Å²) in [5.74, 6) is 1.13. The number of benzene rings is 1. The normalized spacial score (nSPS) is 11.8. The molecule has 0 saturated heterocycles. The molecule has 1 rings (SSSR count). The Morgan fingerprint density at radius 1 is 1.22 bits per heavy atom. The van der Waals surface area contributed by atoms with Gasteiger partial charge in [0.1, 0.15) is 5.75 Å². The van der Waals surface area contributed by atoms with E-state index in [1.54, 1.807) is 24.3 Å². The molecule has 1 aromatic carbocycles. The van der Waals surface area contributed by atoms with Crippen LogP contribution >= 0.6 is 17.9 Å². The number of thiol groups is 1. The van der Waals surface area contributed by atoms with E-state index < -0.39 is 5.69 Å². The van der Waals surface area contributed by atoms with E-state index >= 15 is 0 Å². The van der Waals surface area contributed by atoms with E-state index in [9.17, 15) is 0 Å². The molecule has 0 saturated carbocycles. The standard InChI is InChI=1S/C7H15.C6H7O2PS2.C4H9.Zn/c1-3-5-7-6-4-2;7-9(10,11)8-6-4-2-1-3-5-6;1-4(2)3;/h1,3-7H2,2H3;1-5H,(H2,7,10,11);4H,1H2,2-3H3;/q-1;;-1;+2. The summed E-state index contributed by atoms with van der Waals surface area (Å²) in [4.78, 5) is 9.04. The maximum atomic E-state index is 9.04. The minimum atomic E-state index is -2.86. The number of unbranched alkanes of at least 4 members (excludes halogenated alkanes) is 4. The van der Waals surface area contributed by atoms with Crippen LogP contribution in [0.2, 0.25) is 0 Å². The van der Waals surface area contributed by atoms with Gasteiger partial charge in [-0.3, -0.25) is 0 Å². The minimum Gasteiger partial charge on any atom is -0.436 e. The van der Waals surface area contributed by atoms with Crippen LogP contribution < -0.4 is 4.52 Å². The van der Waals surface area contributed by atoms with Gasteiger partial charge in [0.05, 0.1) is 0 Å². The quantitative estimate of drug-likeness (QED) is 0.179. The van der Waals surface area contributed by atoms with Crippen molar-refractivity contribution in [2.45, 2.75) is 52.9 Å². The minimum absolute atomic E-state index is 0. The summed E-state index contributed by atoms with van der Waals surface area (Å²) in [6.45, 7) is 13.7. The van der Waals surface area contributed by atoms with Gasteiger partial charge in [0.15, 0.2) is 0 Å². The molecule has 0 radical (unpaired) electrons. The molecule has 0 amide bonds. The number of hydrogen-bond acceptors (Lipinski definition) is 2. The summed E-state index contributed by atoms with van der Waals surface area (Å²) in [5.41, 5.74) is -2.86. The van der Waals surface area contributed by atoms with Gasteiger partial charge in [-0.15, -0.1) is 0 Å². The fourth-order valence-electron chi connectivity index (χ4n) is 1.22. The molecule has 1 N–H and O–H groups in total. The van der Waals surface area contributed by atoms with Crippen LogP contribution in [-0.2, 0) is 31.3 Å². The molecule has 0 spiro atoms. The second-order valence-electron chi connectivity index (χ2n) is 5.20. The van der Waals surface area contributed by atoms with Crippen LogP contribution in [-0.4, -0.2) is 4.89 Å². The van der Waals surface area contributed by atoms with Crippen LogP contribution in [0.1, 0.15) is 52.9 Å². The Labute approximate surface area is 166 Å². The molecule has 130 valence electrons. The largest absolute Gasteiger partial charge is 2.00 e. The molecule has 0 bridgehead atoms. The molecule has 1 aromatic rings. The topological polar surface area (TPSA) is 29.5 Å². The Morgan fingerprint density at radius 2 is 1.70 bits per heavy atom. The van der Waals surface area contributed by atoms with Gasteiger partial charge in [0, 0.05) is 0 Å². The summed E-state index contributed by atoms with van der Waals surface area (Å²) < 4.78 is 4.95. The first kappa shape index (κ1) is 28.4. The van der Waals surface area contributed by atoms with Crippen molar-refractivity contribution in [3.63, 3.8) is 0 Å². The van der Waals surface area contributed by atoms with Crippen LogP contribution in [0.4, 0.5) is 0 Å². The summed E-state index contributed by atoms with van der Waals surface area (Å²) in [6, 6.07) is 8.88. The summed E-state index contributed by atoms with van der Waals surface area (Å²) in [5, 5.41) is 0. The molecule has 0 aliphatic heterocycles. The number of rotatable bonds is 6. The molecule has 1 atom stereocenters. The van der Waals surface area contributed by atoms with Gasteiger partial charge in [-0.05, 0) is 23.9 Å². The van der Waals surface area contributed by atoms with Crippen LogP contribution in [0.5, 0.6) is 5.75 Å². The van der Waals surface area contributed by atoms with Crippen molar-refractivity contribution < 1.29 is 28.9 Å². The fourth-order valence-corrected chi connectivity index (χ4v) is 2.16. The van der Waals surface area contributed by atoms with Crippen LogP contribution in [0, 0.1) is 19.8 Å². The Kier molecular flexibility index (Phi) is 23.4. The van der Waals surface area contributed by atoms with Crippen molar-refractivity contribution in [2.75, 3.05) is 0 Å². The molecular formula is C17H31O2PS2Zn. The first-order valence-electron chi connectivity index (χ1n) is 7.65. The third-order valence-electron chi connectivity index (χ3n) is 2.07. The molecule has 23 heavy (non-hydrogen) atoms. The molecule has 0 heterocycles. The van der Waals surface area contributed by atoms with Gasteiger partial charge in [0.2, 0.25) is 0 Å². The molecule has 0 fully saturated rings. The summed E-state index contributed by atoms with van der Waals surface area (Å²) >= 11 is 8.30. The van der Waals surface area contributed by atoms with Crippen LogP contribution in [0.3, 0.4) is 0 Å². The first-order valence-corrected chi connectivity index (χ1v) is 11.5. The second-order valence-corrected chi connectivity index (χ2v) is 10.3. The molecule has 2 nitrogen and oxygen atoms in total. The van der Waals surface area contributed by atoms with Crippen LogP contribution in [0.15, 0.2) is 30.3 Å². The van der Waals surface area contributed by atoms with Crippen molar-refractivity contribution in [3.8, 4) is 5.75 Å². The molecule has 6 heteroatoms. The van der Waals surface area contributed by atoms with Gasteiger partial charge in [-0.2, -0.15) is 12.3 Å². The Bertz CT molecular complexity index is 377. The van der Waals surface area contributed by atoms with Gasteiger partial charge >= 0.3 is 19.5 Å². The van der Waals surface area contributed by atoms with Crippen LogP contribution in [0.25, 0.3) is 0 Å². The molecule has 0 aromatic heterocycles. The van der Waals surface area contributed by atoms with E-state index in [2.05, 4.69) is 58.7 Å². The Morgan fingerprint density at radius 3 is 2.04 bits per heavy atom.